The van der Waals surface area contributed by atoms with Crippen LogP contribution in [0.25, 0.3) is 0 Å². The second kappa shape index (κ2) is 31.3. The summed E-state index contributed by atoms with van der Waals surface area (Å²) in [6.07, 6.45) is 22.4. The number of hydrogen-bond donors (Lipinski definition) is 9. The van der Waals surface area contributed by atoms with Crippen LogP contribution in [0.3, 0.4) is 0 Å². The van der Waals surface area contributed by atoms with Gasteiger partial charge in [0.25, 0.3) is 0 Å². The molecule has 0 saturated heterocycles. The summed E-state index contributed by atoms with van der Waals surface area (Å²) in [7, 11) is 0. The van der Waals surface area contributed by atoms with Gasteiger partial charge in [0, 0.05) is 86.6 Å². The second-order valence-corrected chi connectivity index (χ2v) is 40.8. The zero-order valence-corrected chi connectivity index (χ0v) is 73.0. The fourth-order valence-corrected chi connectivity index (χ4v) is 29.9. The molecule has 0 aliphatic heterocycles. The van der Waals surface area contributed by atoms with Crippen molar-refractivity contribution in [2.75, 3.05) is 33.0 Å². The Bertz CT molecular complexity index is 4100. The first-order valence-electron chi connectivity index (χ1n) is 44.3. The highest BCUT2D eigenvalue weighted by atomic mass is 19.2. The largest absolute Gasteiger partial charge is 0.390 e. The number of Topliss-reactive ketones (excluding diaryl/α,β-unsaturated/α-hetero) is 4. The predicted octanol–water partition coefficient (Wildman–Crippen LogP) is 12.5. The van der Waals surface area contributed by atoms with Gasteiger partial charge >= 0.3 is 0 Å². The van der Waals surface area contributed by atoms with Gasteiger partial charge in [0.15, 0.2) is 68.9 Å². The van der Waals surface area contributed by atoms with Crippen molar-refractivity contribution >= 4 is 46.3 Å². The van der Waals surface area contributed by atoms with E-state index in [1.165, 1.54) is 42.9 Å². The number of rotatable bonds is 12. The molecule has 12 fully saturated rings. The number of hydrogen-bond acceptors (Lipinski definition) is 19. The Hall–Kier alpha value is -5.44. The molecule has 32 atom stereocenters. The molecule has 0 aromatic heterocycles. The average molecular weight is 1670 g/mol. The molecular weight excluding hydrogens is 1530 g/mol. The number of ketones is 8. The lowest BCUT2D eigenvalue weighted by Gasteiger charge is -2.63. The van der Waals surface area contributed by atoms with Crippen LogP contribution in [0.15, 0.2) is 95.2 Å². The van der Waals surface area contributed by atoms with E-state index in [1.807, 2.05) is 69.2 Å². The maximum absolute atomic E-state index is 17.4. The van der Waals surface area contributed by atoms with E-state index in [-0.39, 0.29) is 102 Å². The van der Waals surface area contributed by atoms with Gasteiger partial charge in [-0.3, -0.25) is 38.4 Å². The van der Waals surface area contributed by atoms with Crippen LogP contribution in [0.1, 0.15) is 233 Å². The fourth-order valence-electron chi connectivity index (χ4n) is 29.9. The molecule has 19 nitrogen and oxygen atoms in total. The third kappa shape index (κ3) is 12.1. The van der Waals surface area contributed by atoms with Crippen LogP contribution in [0.4, 0.5) is 17.6 Å². The third-order valence-corrected chi connectivity index (χ3v) is 36.0. The third-order valence-electron chi connectivity index (χ3n) is 36.0. The van der Waals surface area contributed by atoms with Crippen molar-refractivity contribution in [2.45, 2.75) is 303 Å². The molecule has 0 aromatic rings. The van der Waals surface area contributed by atoms with Gasteiger partial charge in [0.1, 0.15) is 42.2 Å². The highest BCUT2D eigenvalue weighted by Gasteiger charge is 2.81. The Morgan fingerprint density at radius 1 is 0.370 bits per heavy atom. The minimum Gasteiger partial charge on any atom is -0.390 e. The van der Waals surface area contributed by atoms with E-state index in [9.17, 15) is 84.3 Å². The lowest BCUT2D eigenvalue weighted by atomic mass is 9.44. The van der Waals surface area contributed by atoms with Crippen molar-refractivity contribution < 1.29 is 111 Å². The van der Waals surface area contributed by atoms with E-state index < -0.39 is 180 Å². The van der Waals surface area contributed by atoms with Crippen LogP contribution in [0, 0.1) is 114 Å². The summed E-state index contributed by atoms with van der Waals surface area (Å²) in [6, 6.07) is 0. The number of ether oxygens (including phenoxy) is 2. The van der Waals surface area contributed by atoms with Crippen LogP contribution in [0.5, 0.6) is 0 Å². The summed E-state index contributed by atoms with van der Waals surface area (Å²) in [6.45, 7) is 29.9. The Labute approximate surface area is 699 Å². The molecule has 12 saturated carbocycles. The first-order valence-corrected chi connectivity index (χ1v) is 44.3. The standard InChI is InChI=1S/2C24H33FO5.C23H31FO4.C22H29FO5.C3H8/c2*1-5-30-20-12-22(4)18(10-14(2)24(22,29)19(28)13-26)17-7-6-15-11-16(27)8-9-21(15,3)23(17,20)25;1-5-18(26)23(28)13(2)10-17-16-7-6-14-11-15(25)8-9-20(14,3)22(16,24)19(27)12-21(17,23)4;1-12-8-16-15-5-4-13-9-14(25)6-7-19(13,2)21(15,23)17(26)10-20(16,3)22(12,28)18(27)11-24;1-3-2/h2*8-9,11,14,17-18,20,26,29H,5-7,10,12-13H2,1-4H3;8-9,11,13,16-17,19,27-28H,5-7,10,12H2,1-4H3;6-7,9,12,15-17,24,26,28H,4-5,8,10-11H2,1-3H3;3H2,1-2H3/t2*14-,17+,18+,20+,21+,22+,23+,24+;13-,16+,17+,19+,20+,21+,22+,23+;12-,15+,16+,17+,19+,20+,21+,22+;/m1111./s1. The maximum Gasteiger partial charge on any atom is 0.190 e. The van der Waals surface area contributed by atoms with E-state index in [1.54, 1.807) is 71.1 Å². The number of aliphatic hydroxyl groups excluding tert-OH is 5. The number of fused-ring (bicyclic) bond motifs is 20. The zero-order chi connectivity index (χ0) is 88.3. The Morgan fingerprint density at radius 3 is 0.815 bits per heavy atom. The highest BCUT2D eigenvalue weighted by molar-refractivity contribution is 6.03. The molecule has 16 aliphatic carbocycles. The summed E-state index contributed by atoms with van der Waals surface area (Å²) in [5.41, 5.74) is -18.8. The predicted molar refractivity (Wildman–Crippen MR) is 438 cm³/mol. The molecule has 16 aliphatic rings. The minimum atomic E-state index is -1.98. The van der Waals surface area contributed by atoms with Crippen LogP contribution in [0.2, 0.25) is 0 Å². The molecule has 0 aromatic carbocycles. The molecule has 23 heteroatoms. The molecule has 0 heterocycles. The van der Waals surface area contributed by atoms with Crippen LogP contribution in [-0.4, -0.2) is 195 Å². The van der Waals surface area contributed by atoms with E-state index in [4.69, 9.17) is 9.47 Å². The quantitative estimate of drug-likeness (QED) is 0.0820. The van der Waals surface area contributed by atoms with E-state index in [0.717, 1.165) is 16.7 Å². The minimum absolute atomic E-state index is 0.0436. The lowest BCUT2D eigenvalue weighted by molar-refractivity contribution is -0.230. The second-order valence-electron chi connectivity index (χ2n) is 40.8. The normalized spacial score (nSPS) is 50.0. The molecule has 16 rings (SSSR count). The fraction of sp³-hybridized carbons (Fsp3) is 0.750. The number of carbonyl (C=O) groups is 8. The van der Waals surface area contributed by atoms with E-state index >= 15 is 17.6 Å². The van der Waals surface area contributed by atoms with Gasteiger partial charge in [-0.25, -0.2) is 17.6 Å². The van der Waals surface area contributed by atoms with E-state index in [0.29, 0.717) is 95.8 Å². The highest BCUT2D eigenvalue weighted by Crippen LogP contribution is 2.77. The number of carbonyl (C=O) groups excluding carboxylic acids is 8. The maximum atomic E-state index is 17.4. The summed E-state index contributed by atoms with van der Waals surface area (Å²) in [5, 5.41) is 97.1. The number of alkyl halides is 4. The molecule has 0 unspecified atom stereocenters. The molecule has 0 spiro atoms. The molecule has 119 heavy (non-hydrogen) atoms. The Morgan fingerprint density at radius 2 is 0.588 bits per heavy atom. The van der Waals surface area contributed by atoms with Crippen LogP contribution < -0.4 is 0 Å². The Kier molecular flexibility index (Phi) is 24.4. The van der Waals surface area contributed by atoms with Crippen molar-refractivity contribution in [3.05, 3.63) is 95.2 Å². The van der Waals surface area contributed by atoms with Crippen molar-refractivity contribution in [2.24, 2.45) is 114 Å². The topological polar surface area (TPSA) is 337 Å². The number of allylic oxidation sites excluding steroid dienone is 16. The summed E-state index contributed by atoms with van der Waals surface area (Å²) < 4.78 is 80.7. The van der Waals surface area contributed by atoms with E-state index in [2.05, 4.69) is 13.8 Å². The zero-order valence-electron chi connectivity index (χ0n) is 73.0. The summed E-state index contributed by atoms with van der Waals surface area (Å²) in [5.74, 6) is -6.88. The van der Waals surface area contributed by atoms with Crippen molar-refractivity contribution in [1.82, 2.24) is 0 Å². The van der Waals surface area contributed by atoms with Crippen molar-refractivity contribution in [1.29, 1.82) is 0 Å². The van der Waals surface area contributed by atoms with Crippen LogP contribution >= 0.6 is 0 Å². The molecule has 660 valence electrons. The number of halogens is 4. The van der Waals surface area contributed by atoms with Gasteiger partial charge in [0.05, 0.1) is 24.4 Å². The first-order chi connectivity index (χ1) is 55.3. The summed E-state index contributed by atoms with van der Waals surface area (Å²) >= 11 is 0. The molecule has 0 radical (unpaired) electrons. The molecule has 0 bridgehead atoms. The molecule has 9 N–H and O–H groups in total. The van der Waals surface area contributed by atoms with Gasteiger partial charge in [-0.05, 0) is 240 Å². The van der Waals surface area contributed by atoms with Gasteiger partial charge < -0.3 is 55.4 Å². The van der Waals surface area contributed by atoms with Crippen molar-refractivity contribution in [3.63, 3.8) is 0 Å². The lowest BCUT2D eigenvalue weighted by Crippen LogP contribution is -2.70. The Balaban J connectivity index is 0.000000144. The molecular formula is C96H134F4O19. The monoisotopic (exact) mass is 1670 g/mol. The average Bonchev–Trinajstić information content (AvgIpc) is 1.60. The van der Waals surface area contributed by atoms with Crippen LogP contribution in [-0.2, 0) is 47.8 Å². The van der Waals surface area contributed by atoms with Gasteiger partial charge in [-0.15, -0.1) is 0 Å². The van der Waals surface area contributed by atoms with Gasteiger partial charge in [0.2, 0.25) is 0 Å². The van der Waals surface area contributed by atoms with Crippen molar-refractivity contribution in [3.8, 4) is 0 Å². The summed E-state index contributed by atoms with van der Waals surface area (Å²) in [4.78, 5) is 98.5. The first kappa shape index (κ1) is 92.7. The number of aliphatic hydroxyl groups is 9. The van der Waals surface area contributed by atoms with Gasteiger partial charge in [-0.1, -0.05) is 129 Å². The molecule has 0 amide bonds. The smallest absolute Gasteiger partial charge is 0.190 e. The van der Waals surface area contributed by atoms with Gasteiger partial charge in [-0.2, -0.15) is 0 Å². The SMILES string of the molecule is CCC.CCC(=O)[C@@]1(O)[C@H](C)C[C@H]2[C@@H]3CCC4=CC(=O)C=C[C@]4(C)[C@@]3(F)[C@@H](O)C[C@@]21C.CCO[C@H]1C[C@@]2(C)[C@@H](C[C@@H](C)[C@]2(O)C(=O)CO)[C@@H]2CCC3=CC(=O)C=C[C@]3(C)[C@@]12F.CCO[C@H]1C[C@@]2(C)[C@@H](C[C@@H](C)[C@]2(O)C(=O)CO)[C@@H]2CCC3=CC(=O)C=C[C@]3(C)[C@@]12F.C[C@@H]1C[C@H]2[C@@H]3CCC4=CC(=O)C=C[C@]4(C)[C@@]3(F)[C@@H](O)C[C@]2(C)[C@@]1(O)C(=O)CO.